The number of rotatable bonds is 68. The lowest BCUT2D eigenvalue weighted by Crippen LogP contribution is -2.30. The standard InChI is InChI=1S/C71H138O17P2/c1-61(2)47-39-31-23-16-13-11-9-10-12-14-18-27-35-43-51-68(73)81-57-66(87-70(75)53-45-37-28-19-15-17-24-32-40-48-62(3)4)59-85-89(77,78)83-55-65(72)56-84-90(79,80)86-60-67(58-82-69(74)52-44-36-30-22-26-34-42-50-64(7)8)88-71(76)54-46-38-29-21-20-25-33-41-49-63(5)6/h61-67,72H,9-60H2,1-8H3,(H,77,78)(H,79,80)/t65?,66-,67-/m1/s1. The van der Waals surface area contributed by atoms with Crippen LogP contribution in [0.5, 0.6) is 0 Å². The maximum atomic E-state index is 13.0. The summed E-state index contributed by atoms with van der Waals surface area (Å²) in [5.74, 6) is 0.828. The van der Waals surface area contributed by atoms with Crippen LogP contribution in [0.15, 0.2) is 0 Å². The second-order valence-electron chi connectivity index (χ2n) is 27.5. The molecule has 0 aliphatic rings. The zero-order valence-corrected chi connectivity index (χ0v) is 60.6. The Morgan fingerprint density at radius 3 is 0.689 bits per heavy atom. The number of phosphoric ester groups is 2. The average molecular weight is 1330 g/mol. The third-order valence-corrected chi connectivity index (χ3v) is 18.2. The summed E-state index contributed by atoms with van der Waals surface area (Å²) in [5, 5.41) is 10.6. The van der Waals surface area contributed by atoms with Gasteiger partial charge in [0.1, 0.15) is 19.3 Å². The molecule has 3 unspecified atom stereocenters. The SMILES string of the molecule is CC(C)CCCCCCCCCCCCCCCCC(=O)OC[C@H](COP(=O)(O)OCC(O)COP(=O)(O)OC[C@@H](COC(=O)CCCCCCCCCC(C)C)OC(=O)CCCCCCCCCCC(C)C)OC(=O)CCCCCCCCCCCC(C)C. The number of ether oxygens (including phenoxy) is 4. The fourth-order valence-corrected chi connectivity index (χ4v) is 12.2. The third kappa shape index (κ3) is 64.8. The summed E-state index contributed by atoms with van der Waals surface area (Å²) >= 11 is 0. The molecule has 0 bridgehead atoms. The van der Waals surface area contributed by atoms with Gasteiger partial charge in [-0.15, -0.1) is 0 Å². The van der Waals surface area contributed by atoms with Crippen LogP contribution in [-0.2, 0) is 65.4 Å². The number of unbranched alkanes of at least 4 members (excludes halogenated alkanes) is 34. The summed E-state index contributed by atoms with van der Waals surface area (Å²) in [4.78, 5) is 72.5. The van der Waals surface area contributed by atoms with E-state index in [4.69, 9.17) is 37.0 Å². The molecular formula is C71H138O17P2. The minimum absolute atomic E-state index is 0.103. The predicted molar refractivity (Wildman–Crippen MR) is 363 cm³/mol. The van der Waals surface area contributed by atoms with Gasteiger partial charge in [-0.2, -0.15) is 0 Å². The molecule has 0 aromatic rings. The van der Waals surface area contributed by atoms with E-state index in [-0.39, 0.29) is 25.7 Å². The first-order chi connectivity index (χ1) is 43.1. The first-order valence-corrected chi connectivity index (χ1v) is 39.7. The van der Waals surface area contributed by atoms with Crippen molar-refractivity contribution in [3.8, 4) is 0 Å². The lowest BCUT2D eigenvalue weighted by atomic mass is 10.0. The molecule has 0 amide bonds. The Bertz CT molecular complexity index is 1780. The van der Waals surface area contributed by atoms with Crippen LogP contribution >= 0.6 is 15.6 Å². The maximum absolute atomic E-state index is 13.0. The van der Waals surface area contributed by atoms with Crippen molar-refractivity contribution in [3.05, 3.63) is 0 Å². The number of carbonyl (C=O) groups excluding carboxylic acids is 4. The Hall–Kier alpha value is -1.94. The van der Waals surface area contributed by atoms with Gasteiger partial charge in [0.25, 0.3) is 0 Å². The molecule has 5 atom stereocenters. The van der Waals surface area contributed by atoms with E-state index in [2.05, 4.69) is 55.4 Å². The number of aliphatic hydroxyl groups is 1. The molecule has 0 rings (SSSR count). The monoisotopic (exact) mass is 1320 g/mol. The normalized spacial score (nSPS) is 14.3. The highest BCUT2D eigenvalue weighted by Gasteiger charge is 2.30. The summed E-state index contributed by atoms with van der Waals surface area (Å²) in [6.07, 6.45) is 43.2. The van der Waals surface area contributed by atoms with E-state index in [9.17, 15) is 43.2 Å². The van der Waals surface area contributed by atoms with Crippen molar-refractivity contribution in [2.75, 3.05) is 39.6 Å². The average Bonchev–Trinajstić information content (AvgIpc) is 3.68. The Morgan fingerprint density at radius 2 is 0.467 bits per heavy atom. The zero-order chi connectivity index (χ0) is 66.8. The van der Waals surface area contributed by atoms with Gasteiger partial charge in [-0.05, 0) is 49.4 Å². The lowest BCUT2D eigenvalue weighted by molar-refractivity contribution is -0.161. The van der Waals surface area contributed by atoms with E-state index < -0.39 is 97.5 Å². The van der Waals surface area contributed by atoms with E-state index in [0.717, 1.165) is 114 Å². The Balaban J connectivity index is 5.22. The molecular weight excluding hydrogens is 1190 g/mol. The van der Waals surface area contributed by atoms with Crippen molar-refractivity contribution < 1.29 is 80.2 Å². The van der Waals surface area contributed by atoms with Crippen molar-refractivity contribution in [1.82, 2.24) is 0 Å². The summed E-state index contributed by atoms with van der Waals surface area (Å²) in [6, 6.07) is 0. The van der Waals surface area contributed by atoms with Crippen molar-refractivity contribution in [3.63, 3.8) is 0 Å². The van der Waals surface area contributed by atoms with Crippen molar-refractivity contribution >= 4 is 39.5 Å². The molecule has 0 radical (unpaired) electrons. The van der Waals surface area contributed by atoms with Gasteiger partial charge in [0.15, 0.2) is 12.2 Å². The van der Waals surface area contributed by atoms with Gasteiger partial charge in [-0.3, -0.25) is 37.3 Å². The van der Waals surface area contributed by atoms with Crippen LogP contribution in [0.4, 0.5) is 0 Å². The first kappa shape index (κ1) is 88.1. The van der Waals surface area contributed by atoms with Gasteiger partial charge in [0.2, 0.25) is 0 Å². The molecule has 0 aliphatic heterocycles. The highest BCUT2D eigenvalue weighted by atomic mass is 31.2. The fraction of sp³-hybridized carbons (Fsp3) is 0.944. The molecule has 0 aromatic heterocycles. The van der Waals surface area contributed by atoms with E-state index in [1.165, 1.54) is 148 Å². The third-order valence-electron chi connectivity index (χ3n) is 16.3. The Kier molecular flexibility index (Phi) is 59.4. The summed E-state index contributed by atoms with van der Waals surface area (Å²) in [6.45, 7) is 14.1. The van der Waals surface area contributed by atoms with Crippen LogP contribution in [0.25, 0.3) is 0 Å². The molecule has 3 N–H and O–H groups in total. The van der Waals surface area contributed by atoms with Gasteiger partial charge >= 0.3 is 39.5 Å². The molecule has 0 aliphatic carbocycles. The Morgan fingerprint density at radius 1 is 0.278 bits per heavy atom. The summed E-state index contributed by atoms with van der Waals surface area (Å²) < 4.78 is 68.3. The molecule has 0 fully saturated rings. The van der Waals surface area contributed by atoms with E-state index in [1.54, 1.807) is 0 Å². The molecule has 0 spiro atoms. The number of hydrogen-bond acceptors (Lipinski definition) is 15. The molecule has 0 saturated carbocycles. The van der Waals surface area contributed by atoms with E-state index in [0.29, 0.717) is 31.6 Å². The number of esters is 4. The second-order valence-corrected chi connectivity index (χ2v) is 30.4. The number of aliphatic hydroxyl groups excluding tert-OH is 1. The maximum Gasteiger partial charge on any atom is 0.472 e. The minimum atomic E-state index is -4.95. The van der Waals surface area contributed by atoms with Crippen LogP contribution in [0, 0.1) is 23.7 Å². The van der Waals surface area contributed by atoms with Crippen molar-refractivity contribution in [2.45, 2.75) is 369 Å². The van der Waals surface area contributed by atoms with Crippen molar-refractivity contribution in [2.24, 2.45) is 23.7 Å². The summed E-state index contributed by atoms with van der Waals surface area (Å²) in [5.41, 5.74) is 0. The fourth-order valence-electron chi connectivity index (χ4n) is 10.7. The molecule has 0 aromatic carbocycles. The molecule has 534 valence electrons. The quantitative estimate of drug-likeness (QED) is 0.0222. The highest BCUT2D eigenvalue weighted by molar-refractivity contribution is 7.47. The second kappa shape index (κ2) is 60.7. The highest BCUT2D eigenvalue weighted by Crippen LogP contribution is 2.45. The number of hydrogen-bond donors (Lipinski definition) is 3. The van der Waals surface area contributed by atoms with Gasteiger partial charge in [-0.1, -0.05) is 299 Å². The lowest BCUT2D eigenvalue weighted by Gasteiger charge is -2.21. The van der Waals surface area contributed by atoms with Gasteiger partial charge in [-0.25, -0.2) is 9.13 Å². The van der Waals surface area contributed by atoms with Crippen LogP contribution in [0.1, 0.15) is 351 Å². The number of carbonyl (C=O) groups is 4. The first-order valence-electron chi connectivity index (χ1n) is 36.7. The smallest absolute Gasteiger partial charge is 0.462 e. The molecule has 90 heavy (non-hydrogen) atoms. The number of phosphoric acid groups is 2. The minimum Gasteiger partial charge on any atom is -0.462 e. The largest absolute Gasteiger partial charge is 0.472 e. The van der Waals surface area contributed by atoms with Gasteiger partial charge in [0.05, 0.1) is 26.4 Å². The van der Waals surface area contributed by atoms with Crippen LogP contribution in [0.2, 0.25) is 0 Å². The van der Waals surface area contributed by atoms with E-state index in [1.807, 2.05) is 0 Å². The molecule has 17 nitrogen and oxygen atoms in total. The molecule has 0 heterocycles. The zero-order valence-electron chi connectivity index (χ0n) is 58.8. The Labute approximate surface area is 549 Å². The van der Waals surface area contributed by atoms with Crippen LogP contribution in [-0.4, -0.2) is 96.7 Å². The molecule has 19 heteroatoms. The van der Waals surface area contributed by atoms with E-state index >= 15 is 0 Å². The molecule has 0 saturated heterocycles. The van der Waals surface area contributed by atoms with Crippen molar-refractivity contribution in [1.29, 1.82) is 0 Å². The van der Waals surface area contributed by atoms with Gasteiger partial charge < -0.3 is 33.8 Å². The van der Waals surface area contributed by atoms with Crippen LogP contribution in [0.3, 0.4) is 0 Å². The summed E-state index contributed by atoms with van der Waals surface area (Å²) in [7, 11) is -9.90. The topological polar surface area (TPSA) is 237 Å². The predicted octanol–water partition coefficient (Wildman–Crippen LogP) is 20.1. The van der Waals surface area contributed by atoms with Crippen LogP contribution < -0.4 is 0 Å². The van der Waals surface area contributed by atoms with Gasteiger partial charge in [0, 0.05) is 25.7 Å².